The fourth-order valence-electron chi connectivity index (χ4n) is 5.86. The van der Waals surface area contributed by atoms with E-state index in [-0.39, 0.29) is 37.1 Å². The first-order valence-electron chi connectivity index (χ1n) is 13.6. The Morgan fingerprint density at radius 2 is 1.95 bits per heavy atom. The van der Waals surface area contributed by atoms with Crippen molar-refractivity contribution in [1.29, 1.82) is 0 Å². The highest BCUT2D eigenvalue weighted by Crippen LogP contribution is 2.42. The highest BCUT2D eigenvalue weighted by Gasteiger charge is 2.43. The number of hydrogen-bond acceptors (Lipinski definition) is 5. The molecule has 1 aliphatic carbocycles. The summed E-state index contributed by atoms with van der Waals surface area (Å²) in [5.74, 6) is -1.87. The van der Waals surface area contributed by atoms with Gasteiger partial charge in [-0.25, -0.2) is 18.4 Å². The summed E-state index contributed by atoms with van der Waals surface area (Å²) >= 11 is 5.85. The van der Waals surface area contributed by atoms with Gasteiger partial charge in [-0.2, -0.15) is 0 Å². The van der Waals surface area contributed by atoms with Crippen LogP contribution in [0.1, 0.15) is 69.8 Å². The Morgan fingerprint density at radius 3 is 2.66 bits per heavy atom. The van der Waals surface area contributed by atoms with Gasteiger partial charge in [0.25, 0.3) is 0 Å². The van der Waals surface area contributed by atoms with Crippen LogP contribution in [0.3, 0.4) is 0 Å². The summed E-state index contributed by atoms with van der Waals surface area (Å²) in [6.45, 7) is 1.22. The van der Waals surface area contributed by atoms with E-state index >= 15 is 4.39 Å². The number of nitrogens with two attached hydrogens (primary N) is 1. The van der Waals surface area contributed by atoms with Crippen LogP contribution in [0.4, 0.5) is 18.4 Å². The molecule has 3 unspecified atom stereocenters. The lowest BCUT2D eigenvalue weighted by molar-refractivity contribution is -0.0576. The van der Waals surface area contributed by atoms with Crippen molar-refractivity contribution >= 4 is 23.7 Å². The van der Waals surface area contributed by atoms with Crippen LogP contribution >= 0.6 is 11.6 Å². The minimum absolute atomic E-state index is 0.0578. The maximum Gasteiger partial charge on any atom is 0.406 e. The molecule has 3 amide bonds. The molecule has 3 atom stereocenters. The number of halogens is 3. The molecule has 1 saturated heterocycles. The maximum absolute atomic E-state index is 15.1. The molecule has 0 aromatic heterocycles. The van der Waals surface area contributed by atoms with Crippen LogP contribution in [-0.4, -0.2) is 61.5 Å². The summed E-state index contributed by atoms with van der Waals surface area (Å²) < 4.78 is 33.6. The molecule has 1 aliphatic heterocycles. The standard InChI is InChI=1S/C27H41ClF2N4O4/c1-38-26(36)32-13-6-12-27(37,21-10-11-22(29)23(28)24(21)30)19-9-5-14-34(17-19)25(35)33-16-20(31)15-18-7-3-2-4-8-18/h10-11,18-20,37H,2-9,12-17,31H2,1H3,(H,32,36)(H,33,35). The largest absolute Gasteiger partial charge is 0.453 e. The molecular weight excluding hydrogens is 518 g/mol. The predicted octanol–water partition coefficient (Wildman–Crippen LogP) is 4.66. The second-order valence-electron chi connectivity index (χ2n) is 10.6. The van der Waals surface area contributed by atoms with Crippen LogP contribution in [-0.2, 0) is 10.3 Å². The molecule has 11 heteroatoms. The van der Waals surface area contributed by atoms with Gasteiger partial charge in [0.2, 0.25) is 0 Å². The van der Waals surface area contributed by atoms with E-state index in [1.807, 2.05) is 0 Å². The van der Waals surface area contributed by atoms with Gasteiger partial charge in [-0.1, -0.05) is 49.8 Å². The van der Waals surface area contributed by atoms with Gasteiger partial charge in [0.15, 0.2) is 5.82 Å². The molecular formula is C27H41ClF2N4O4. The molecule has 3 rings (SSSR count). The van der Waals surface area contributed by atoms with Gasteiger partial charge in [0.05, 0.1) is 12.7 Å². The summed E-state index contributed by atoms with van der Waals surface area (Å²) in [5.41, 5.74) is 4.44. The van der Waals surface area contributed by atoms with Crippen LogP contribution in [0, 0.1) is 23.5 Å². The predicted molar refractivity (Wildman–Crippen MR) is 142 cm³/mol. The summed E-state index contributed by atoms with van der Waals surface area (Å²) in [5, 5.41) is 16.7. The number of ether oxygens (including phenoxy) is 1. The van der Waals surface area contributed by atoms with Crippen LogP contribution in [0.2, 0.25) is 5.02 Å². The lowest BCUT2D eigenvalue weighted by Gasteiger charge is -2.43. The number of carbonyl (C=O) groups is 2. The number of nitrogens with one attached hydrogen (secondary N) is 2. The van der Waals surface area contributed by atoms with Crippen molar-refractivity contribution in [2.24, 2.45) is 17.6 Å². The van der Waals surface area contributed by atoms with Crippen molar-refractivity contribution in [3.05, 3.63) is 34.4 Å². The number of rotatable bonds is 10. The molecule has 1 aromatic rings. The Labute approximate surface area is 228 Å². The second-order valence-corrected chi connectivity index (χ2v) is 11.0. The second kappa shape index (κ2) is 14.3. The van der Waals surface area contributed by atoms with Crippen LogP contribution in [0.25, 0.3) is 0 Å². The van der Waals surface area contributed by atoms with Gasteiger partial charge in [-0.05, 0) is 44.1 Å². The van der Waals surface area contributed by atoms with Gasteiger partial charge in [-0.3, -0.25) is 0 Å². The first kappa shape index (κ1) is 30.4. The smallest absolute Gasteiger partial charge is 0.406 e. The zero-order valence-corrected chi connectivity index (χ0v) is 22.9. The van der Waals surface area contributed by atoms with Crippen LogP contribution < -0.4 is 16.4 Å². The van der Waals surface area contributed by atoms with Crippen molar-refractivity contribution < 1.29 is 28.2 Å². The molecule has 1 aromatic carbocycles. The van der Waals surface area contributed by atoms with Crippen molar-refractivity contribution in [2.45, 2.75) is 75.9 Å². The zero-order valence-electron chi connectivity index (χ0n) is 22.1. The molecule has 214 valence electrons. The third-order valence-electron chi connectivity index (χ3n) is 7.95. The summed E-state index contributed by atoms with van der Waals surface area (Å²) in [4.78, 5) is 26.0. The monoisotopic (exact) mass is 558 g/mol. The van der Waals surface area contributed by atoms with Crippen LogP contribution in [0.5, 0.6) is 0 Å². The molecule has 0 bridgehead atoms. The lowest BCUT2D eigenvalue weighted by atomic mass is 9.74. The minimum Gasteiger partial charge on any atom is -0.453 e. The number of methoxy groups -OCH3 is 1. The van der Waals surface area contributed by atoms with E-state index in [1.54, 1.807) is 4.90 Å². The Hall–Kier alpha value is -2.17. The Morgan fingerprint density at radius 1 is 1.21 bits per heavy atom. The topological polar surface area (TPSA) is 117 Å². The fraction of sp³-hybridized carbons (Fsp3) is 0.704. The van der Waals surface area contributed by atoms with E-state index in [0.29, 0.717) is 38.3 Å². The Bertz CT molecular complexity index is 950. The molecule has 2 aliphatic rings. The van der Waals surface area contributed by atoms with Crippen molar-refractivity contribution in [3.8, 4) is 0 Å². The Kier molecular flexibility index (Phi) is 11.4. The van der Waals surface area contributed by atoms with Gasteiger partial charge in [-0.15, -0.1) is 0 Å². The normalized spacial score (nSPS) is 20.9. The van der Waals surface area contributed by atoms with Gasteiger partial charge in [0.1, 0.15) is 10.8 Å². The number of urea groups is 1. The summed E-state index contributed by atoms with van der Waals surface area (Å²) in [7, 11) is 1.24. The number of alkyl carbamates (subject to hydrolysis) is 1. The van der Waals surface area contributed by atoms with Crippen molar-refractivity contribution in [3.63, 3.8) is 0 Å². The first-order valence-corrected chi connectivity index (χ1v) is 14.0. The quantitative estimate of drug-likeness (QED) is 0.246. The lowest BCUT2D eigenvalue weighted by Crippen LogP contribution is -2.52. The molecule has 2 fully saturated rings. The van der Waals surface area contributed by atoms with E-state index in [1.165, 1.54) is 45.3 Å². The number of hydrogen-bond donors (Lipinski definition) is 4. The highest BCUT2D eigenvalue weighted by molar-refractivity contribution is 6.31. The van der Waals surface area contributed by atoms with Crippen molar-refractivity contribution in [2.75, 3.05) is 33.3 Å². The number of aliphatic hydroxyl groups is 1. The number of likely N-dealkylation sites (tertiary alicyclic amines) is 1. The van der Waals surface area contributed by atoms with E-state index in [0.717, 1.165) is 12.5 Å². The van der Waals surface area contributed by atoms with E-state index in [2.05, 4.69) is 15.4 Å². The molecule has 1 heterocycles. The zero-order chi connectivity index (χ0) is 27.7. The van der Waals surface area contributed by atoms with E-state index in [4.69, 9.17) is 17.3 Å². The molecule has 1 saturated carbocycles. The van der Waals surface area contributed by atoms with E-state index in [9.17, 15) is 19.1 Å². The van der Waals surface area contributed by atoms with Gasteiger partial charge in [0, 0.05) is 43.7 Å². The average molecular weight is 559 g/mol. The maximum atomic E-state index is 15.1. The molecule has 0 spiro atoms. The van der Waals surface area contributed by atoms with Gasteiger partial charge < -0.3 is 31.1 Å². The number of amides is 3. The minimum atomic E-state index is -1.74. The fourth-order valence-corrected chi connectivity index (χ4v) is 6.02. The molecule has 5 N–H and O–H groups in total. The number of piperidine rings is 1. The highest BCUT2D eigenvalue weighted by atomic mass is 35.5. The average Bonchev–Trinajstić information content (AvgIpc) is 2.93. The summed E-state index contributed by atoms with van der Waals surface area (Å²) in [6.07, 6.45) is 7.87. The summed E-state index contributed by atoms with van der Waals surface area (Å²) in [6, 6.07) is 1.82. The van der Waals surface area contributed by atoms with Gasteiger partial charge >= 0.3 is 12.1 Å². The number of nitrogens with zero attached hydrogens (tertiary/aromatic N) is 1. The molecule has 38 heavy (non-hydrogen) atoms. The Balaban J connectivity index is 1.67. The molecule has 8 nitrogen and oxygen atoms in total. The SMILES string of the molecule is COC(=O)NCCCC(O)(c1ccc(F)c(Cl)c1F)C1CCCN(C(=O)NCC(N)CC2CCCCC2)C1. The van der Waals surface area contributed by atoms with Crippen LogP contribution in [0.15, 0.2) is 12.1 Å². The van der Waals surface area contributed by atoms with E-state index < -0.39 is 34.3 Å². The third kappa shape index (κ3) is 7.93. The van der Waals surface area contributed by atoms with Crippen molar-refractivity contribution in [1.82, 2.24) is 15.5 Å². The third-order valence-corrected chi connectivity index (χ3v) is 8.30. The number of carbonyl (C=O) groups excluding carboxylic acids is 2. The first-order chi connectivity index (χ1) is 18.2. The molecule has 0 radical (unpaired) electrons. The number of benzene rings is 1.